The highest BCUT2D eigenvalue weighted by Crippen LogP contribution is 2.44. The molecule has 1 aromatic heterocycles. The lowest BCUT2D eigenvalue weighted by Crippen LogP contribution is -2.19. The third-order valence-electron chi connectivity index (χ3n) is 5.49. The van der Waals surface area contributed by atoms with E-state index in [0.29, 0.717) is 22.5 Å². The molecule has 5 nitrogen and oxygen atoms in total. The lowest BCUT2D eigenvalue weighted by Gasteiger charge is -2.17. The highest BCUT2D eigenvalue weighted by Gasteiger charge is 2.36. The maximum Gasteiger partial charge on any atom is 0.340 e. The molecule has 0 atom stereocenters. The lowest BCUT2D eigenvalue weighted by atomic mass is 9.95. The Morgan fingerprint density at radius 1 is 0.788 bits per heavy atom. The first-order chi connectivity index (χ1) is 15.9. The van der Waals surface area contributed by atoms with Gasteiger partial charge in [-0.1, -0.05) is 92.7 Å². The molecule has 33 heavy (non-hydrogen) atoms. The second-order valence-electron chi connectivity index (χ2n) is 7.94. The molecule has 0 amide bonds. The number of carbonyl (C=O) groups is 1. The molecule has 3 aromatic carbocycles. The maximum absolute atomic E-state index is 14.1. The summed E-state index contributed by atoms with van der Waals surface area (Å²) in [5.74, 6) is -0.853. The second kappa shape index (κ2) is 9.08. The van der Waals surface area contributed by atoms with E-state index < -0.39 is 16.0 Å². The molecule has 0 radical (unpaired) electrons. The fourth-order valence-corrected chi connectivity index (χ4v) is 5.80. The average Bonchev–Trinajstić information content (AvgIpc) is 3.22. The minimum atomic E-state index is -4.04. The Morgan fingerprint density at radius 2 is 1.27 bits per heavy atom. The minimum absolute atomic E-state index is 0.148. The van der Waals surface area contributed by atoms with Crippen LogP contribution in [0.2, 0.25) is 0 Å². The van der Waals surface area contributed by atoms with E-state index in [1.807, 2.05) is 74.5 Å². The van der Waals surface area contributed by atoms with Gasteiger partial charge in [0.15, 0.2) is 0 Å². The molecule has 6 heteroatoms. The summed E-state index contributed by atoms with van der Waals surface area (Å²) in [5, 5.41) is 0. The summed E-state index contributed by atoms with van der Waals surface area (Å²) in [6.45, 7) is 3.75. The summed E-state index contributed by atoms with van der Waals surface area (Å²) >= 11 is 0. The highest BCUT2D eigenvalue weighted by atomic mass is 32.2. The Hall–Kier alpha value is -3.64. The zero-order valence-corrected chi connectivity index (χ0v) is 19.5. The maximum atomic E-state index is 14.1. The topological polar surface area (TPSA) is 65.4 Å². The Kier molecular flexibility index (Phi) is 6.20. The Labute approximate surface area is 194 Å². The van der Waals surface area contributed by atoms with Crippen LogP contribution in [0.1, 0.15) is 35.8 Å². The molecule has 0 fully saturated rings. The molecule has 0 aliphatic heterocycles. The predicted molar refractivity (Wildman–Crippen MR) is 130 cm³/mol. The number of rotatable bonds is 6. The van der Waals surface area contributed by atoms with Crippen molar-refractivity contribution in [3.63, 3.8) is 0 Å². The van der Waals surface area contributed by atoms with E-state index in [9.17, 15) is 13.2 Å². The third-order valence-corrected chi connectivity index (χ3v) is 7.22. The number of hydrogen-bond donors (Lipinski definition) is 0. The van der Waals surface area contributed by atoms with Crippen molar-refractivity contribution in [1.29, 1.82) is 0 Å². The number of hydrogen-bond acceptors (Lipinski definition) is 4. The van der Waals surface area contributed by atoms with Crippen molar-refractivity contribution in [3.8, 4) is 22.4 Å². The number of methoxy groups -OCH3 is 1. The zero-order valence-electron chi connectivity index (χ0n) is 18.7. The standard InChI is InChI=1S/C27H25NO4S/c1-19(2)25-24(27(29)32-3)23(20-13-7-4-8-14-20)26(21-15-9-5-10-16-21)28(25)33(30,31)22-17-11-6-12-18-22/h4-19H,1-3H3. The second-order valence-corrected chi connectivity index (χ2v) is 9.73. The van der Waals surface area contributed by atoms with Crippen LogP contribution in [0.3, 0.4) is 0 Å². The van der Waals surface area contributed by atoms with Crippen molar-refractivity contribution in [2.45, 2.75) is 24.7 Å². The van der Waals surface area contributed by atoms with Gasteiger partial charge in [0.05, 0.1) is 29.0 Å². The molecule has 0 spiro atoms. The largest absolute Gasteiger partial charge is 0.465 e. The number of ether oxygens (including phenoxy) is 1. The van der Waals surface area contributed by atoms with Crippen LogP contribution in [0, 0.1) is 0 Å². The number of benzene rings is 3. The number of aromatic nitrogens is 1. The van der Waals surface area contributed by atoms with Crippen molar-refractivity contribution in [2.24, 2.45) is 0 Å². The lowest BCUT2D eigenvalue weighted by molar-refractivity contribution is 0.0600. The monoisotopic (exact) mass is 459 g/mol. The first-order valence-electron chi connectivity index (χ1n) is 10.7. The normalized spacial score (nSPS) is 11.5. The third kappa shape index (κ3) is 3.98. The SMILES string of the molecule is COC(=O)c1c(-c2ccccc2)c(-c2ccccc2)n(S(=O)(=O)c2ccccc2)c1C(C)C. The summed E-state index contributed by atoms with van der Waals surface area (Å²) < 4.78 is 34.6. The molecule has 0 aliphatic rings. The number of carbonyl (C=O) groups excluding carboxylic acids is 1. The van der Waals surface area contributed by atoms with Crippen molar-refractivity contribution >= 4 is 16.0 Å². The molecule has 1 heterocycles. The molecule has 0 saturated heterocycles. The van der Waals surface area contributed by atoms with Crippen molar-refractivity contribution in [1.82, 2.24) is 3.97 Å². The Morgan fingerprint density at radius 3 is 1.76 bits per heavy atom. The van der Waals surface area contributed by atoms with Gasteiger partial charge >= 0.3 is 5.97 Å². The van der Waals surface area contributed by atoms with Crippen molar-refractivity contribution in [2.75, 3.05) is 7.11 Å². The molecule has 4 rings (SSSR count). The van der Waals surface area contributed by atoms with Gasteiger partial charge < -0.3 is 4.74 Å². The van der Waals surface area contributed by atoms with Gasteiger partial charge in [-0.2, -0.15) is 0 Å². The van der Waals surface area contributed by atoms with E-state index in [-0.39, 0.29) is 16.4 Å². The van der Waals surface area contributed by atoms with Gasteiger partial charge in [-0.3, -0.25) is 0 Å². The summed E-state index contributed by atoms with van der Waals surface area (Å²) in [6.07, 6.45) is 0. The van der Waals surface area contributed by atoms with Crippen LogP contribution >= 0.6 is 0 Å². The molecule has 4 aromatic rings. The van der Waals surface area contributed by atoms with Crippen molar-refractivity contribution in [3.05, 3.63) is 102 Å². The van der Waals surface area contributed by atoms with E-state index in [2.05, 4.69) is 0 Å². The van der Waals surface area contributed by atoms with E-state index in [4.69, 9.17) is 4.74 Å². The van der Waals surface area contributed by atoms with Crippen LogP contribution in [0.4, 0.5) is 0 Å². The smallest absolute Gasteiger partial charge is 0.340 e. The van der Waals surface area contributed by atoms with Gasteiger partial charge in [0.1, 0.15) is 0 Å². The minimum Gasteiger partial charge on any atom is -0.465 e. The summed E-state index contributed by atoms with van der Waals surface area (Å²) in [7, 11) is -2.72. The molecular formula is C27H25NO4S. The molecule has 0 N–H and O–H groups in total. The molecule has 0 aliphatic carbocycles. The van der Waals surface area contributed by atoms with E-state index in [1.165, 1.54) is 11.1 Å². The van der Waals surface area contributed by atoms with Crippen LogP contribution in [-0.4, -0.2) is 25.5 Å². The quantitative estimate of drug-likeness (QED) is 0.333. The summed E-state index contributed by atoms with van der Waals surface area (Å²) in [4.78, 5) is 13.3. The van der Waals surface area contributed by atoms with Crippen LogP contribution in [-0.2, 0) is 14.8 Å². The number of esters is 1. The first kappa shape index (κ1) is 22.6. The predicted octanol–water partition coefficient (Wildman–Crippen LogP) is 5.97. The Bertz CT molecular complexity index is 1370. The number of nitrogens with zero attached hydrogens (tertiary/aromatic N) is 1. The van der Waals surface area contributed by atoms with Gasteiger partial charge in [-0.25, -0.2) is 17.2 Å². The average molecular weight is 460 g/mol. The fourth-order valence-electron chi connectivity index (χ4n) is 4.09. The molecular weight excluding hydrogens is 434 g/mol. The summed E-state index contributed by atoms with van der Waals surface area (Å²) in [5.41, 5.74) is 3.06. The molecule has 168 valence electrons. The van der Waals surface area contributed by atoms with Gasteiger partial charge in [0, 0.05) is 5.56 Å². The highest BCUT2D eigenvalue weighted by molar-refractivity contribution is 7.90. The first-order valence-corrected chi connectivity index (χ1v) is 12.1. The zero-order chi connectivity index (χ0) is 23.6. The summed E-state index contributed by atoms with van der Waals surface area (Å²) in [6, 6.07) is 26.9. The van der Waals surface area contributed by atoms with E-state index >= 15 is 0 Å². The molecule has 0 unspecified atom stereocenters. The molecule has 0 saturated carbocycles. The van der Waals surface area contributed by atoms with E-state index in [0.717, 1.165) is 5.56 Å². The van der Waals surface area contributed by atoms with Crippen LogP contribution in [0.5, 0.6) is 0 Å². The van der Waals surface area contributed by atoms with Crippen LogP contribution < -0.4 is 0 Å². The van der Waals surface area contributed by atoms with Gasteiger partial charge in [0.25, 0.3) is 10.0 Å². The van der Waals surface area contributed by atoms with Crippen LogP contribution in [0.25, 0.3) is 22.4 Å². The Balaban J connectivity index is 2.25. The van der Waals surface area contributed by atoms with Crippen molar-refractivity contribution < 1.29 is 17.9 Å². The van der Waals surface area contributed by atoms with Gasteiger partial charge in [-0.05, 0) is 29.2 Å². The van der Waals surface area contributed by atoms with Gasteiger partial charge in [0.2, 0.25) is 0 Å². The van der Waals surface area contributed by atoms with Gasteiger partial charge in [-0.15, -0.1) is 0 Å². The fraction of sp³-hybridized carbons (Fsp3) is 0.148. The van der Waals surface area contributed by atoms with E-state index in [1.54, 1.807) is 30.3 Å². The van der Waals surface area contributed by atoms with Crippen LogP contribution in [0.15, 0.2) is 95.9 Å². The molecule has 0 bridgehead atoms.